The highest BCUT2D eigenvalue weighted by molar-refractivity contribution is 5.87. The van der Waals surface area contributed by atoms with Gasteiger partial charge in [-0.1, -0.05) is 37.6 Å². The molecule has 0 spiro atoms. The van der Waals surface area contributed by atoms with Crippen LogP contribution in [0, 0.1) is 28.6 Å². The van der Waals surface area contributed by atoms with Gasteiger partial charge in [0.05, 0.1) is 12.1 Å². The molecule has 2 unspecified atom stereocenters. The molecule has 22 heavy (non-hydrogen) atoms. The van der Waals surface area contributed by atoms with Crippen LogP contribution in [0.3, 0.4) is 0 Å². The topological polar surface area (TPSA) is 63.3 Å². The second-order valence-corrected chi connectivity index (χ2v) is 8.45. The minimum atomic E-state index is -0.328. The van der Waals surface area contributed by atoms with Crippen molar-refractivity contribution in [1.82, 2.24) is 0 Å². The summed E-state index contributed by atoms with van der Waals surface area (Å²) in [6.07, 6.45) is 10.9. The number of nitrogens with two attached hydrogens (primary N) is 1. The Balaban J connectivity index is 1.72. The van der Waals surface area contributed by atoms with Crippen molar-refractivity contribution in [2.75, 3.05) is 0 Å². The van der Waals surface area contributed by atoms with Crippen LogP contribution in [0.2, 0.25) is 0 Å². The van der Waals surface area contributed by atoms with E-state index in [0.717, 1.165) is 25.7 Å². The molecule has 4 rings (SSSR count). The highest BCUT2D eigenvalue weighted by Gasteiger charge is 2.59. The smallest absolute Gasteiger partial charge is 0.150 e. The predicted molar refractivity (Wildman–Crippen MR) is 86.0 cm³/mol. The van der Waals surface area contributed by atoms with Crippen molar-refractivity contribution < 1.29 is 9.90 Å². The molecule has 0 saturated heterocycles. The monoisotopic (exact) mass is 301 g/mol. The second kappa shape index (κ2) is 4.55. The van der Waals surface area contributed by atoms with Gasteiger partial charge in [-0.2, -0.15) is 0 Å². The Kier molecular flexibility index (Phi) is 3.03. The molecule has 2 fully saturated rings. The van der Waals surface area contributed by atoms with Crippen LogP contribution in [0.4, 0.5) is 0 Å². The van der Waals surface area contributed by atoms with Crippen molar-refractivity contribution in [3.05, 3.63) is 23.8 Å². The second-order valence-electron chi connectivity index (χ2n) is 8.45. The van der Waals surface area contributed by atoms with E-state index >= 15 is 0 Å². The van der Waals surface area contributed by atoms with Crippen LogP contribution in [-0.2, 0) is 4.79 Å². The first-order valence-electron chi connectivity index (χ1n) is 8.71. The lowest BCUT2D eigenvalue weighted by Crippen LogP contribution is -2.52. The van der Waals surface area contributed by atoms with E-state index in [4.69, 9.17) is 5.73 Å². The number of carbonyl (C=O) groups excluding carboxylic acids is 1. The Hall–Kier alpha value is -0.930. The molecule has 4 aliphatic carbocycles. The number of hydrogen-bond donors (Lipinski definition) is 2. The third kappa shape index (κ3) is 1.73. The molecule has 4 aliphatic rings. The highest BCUT2D eigenvalue weighted by atomic mass is 16.3. The van der Waals surface area contributed by atoms with E-state index in [1.54, 1.807) is 0 Å². The molecule has 0 heterocycles. The van der Waals surface area contributed by atoms with Crippen molar-refractivity contribution in [3.8, 4) is 0 Å². The number of Topliss-reactive ketones (excluding diaryl/α,β-unsaturated/α-hetero) is 1. The van der Waals surface area contributed by atoms with E-state index in [9.17, 15) is 9.90 Å². The zero-order valence-electron chi connectivity index (χ0n) is 13.6. The lowest BCUT2D eigenvalue weighted by Gasteiger charge is -2.56. The zero-order valence-corrected chi connectivity index (χ0v) is 13.6. The summed E-state index contributed by atoms with van der Waals surface area (Å²) in [5.41, 5.74) is 7.73. The molecule has 3 nitrogen and oxygen atoms in total. The number of allylic oxidation sites excluding steroid dienone is 2. The van der Waals surface area contributed by atoms with Gasteiger partial charge in [-0.15, -0.1) is 0 Å². The minimum absolute atomic E-state index is 0.00213. The Labute approximate surface area is 132 Å². The summed E-state index contributed by atoms with van der Waals surface area (Å²) in [6.45, 7) is 4.57. The van der Waals surface area contributed by atoms with E-state index in [1.807, 2.05) is 6.08 Å². The van der Waals surface area contributed by atoms with Gasteiger partial charge in [0, 0.05) is 11.8 Å². The van der Waals surface area contributed by atoms with Crippen LogP contribution in [0.15, 0.2) is 23.8 Å². The summed E-state index contributed by atoms with van der Waals surface area (Å²) in [5.74, 6) is 1.85. The van der Waals surface area contributed by atoms with Crippen molar-refractivity contribution in [2.24, 2.45) is 34.3 Å². The summed E-state index contributed by atoms with van der Waals surface area (Å²) in [4.78, 5) is 12.2. The van der Waals surface area contributed by atoms with Gasteiger partial charge >= 0.3 is 0 Å². The van der Waals surface area contributed by atoms with Crippen LogP contribution in [-0.4, -0.2) is 23.0 Å². The van der Waals surface area contributed by atoms with Crippen molar-refractivity contribution in [2.45, 2.75) is 58.1 Å². The van der Waals surface area contributed by atoms with Gasteiger partial charge in [0.25, 0.3) is 0 Å². The van der Waals surface area contributed by atoms with Gasteiger partial charge in [0.2, 0.25) is 0 Å². The van der Waals surface area contributed by atoms with Gasteiger partial charge < -0.3 is 10.8 Å². The number of aliphatic hydroxyl groups is 1. The van der Waals surface area contributed by atoms with Crippen LogP contribution in [0.1, 0.15) is 46.0 Å². The lowest BCUT2D eigenvalue weighted by molar-refractivity contribution is -0.119. The van der Waals surface area contributed by atoms with Crippen molar-refractivity contribution in [1.29, 1.82) is 0 Å². The fourth-order valence-corrected chi connectivity index (χ4v) is 6.07. The molecule has 120 valence electrons. The normalized spacial score (nSPS) is 53.5. The van der Waals surface area contributed by atoms with Crippen molar-refractivity contribution >= 4 is 5.78 Å². The maximum absolute atomic E-state index is 12.2. The first-order valence-corrected chi connectivity index (χ1v) is 8.71. The lowest BCUT2D eigenvalue weighted by atomic mass is 9.49. The molecule has 2 saturated carbocycles. The van der Waals surface area contributed by atoms with Gasteiger partial charge in [-0.3, -0.25) is 4.79 Å². The maximum Gasteiger partial charge on any atom is 0.150 e. The molecule has 0 aromatic carbocycles. The molecule has 3 N–H and O–H groups in total. The molecule has 0 bridgehead atoms. The Bertz CT molecular complexity index is 580. The third-order valence-electron chi connectivity index (χ3n) is 7.55. The molecule has 0 aromatic rings. The van der Waals surface area contributed by atoms with E-state index in [-0.39, 0.29) is 28.8 Å². The SMILES string of the molecule is C[C@]12C=CC(O)CC1=CC[C@@H]1[C@H]2CC[C@]2(C)C(N)C(=O)C[C@@H]12. The summed E-state index contributed by atoms with van der Waals surface area (Å²) < 4.78 is 0. The molecule has 0 aliphatic heterocycles. The summed E-state index contributed by atoms with van der Waals surface area (Å²) in [7, 11) is 0. The largest absolute Gasteiger partial charge is 0.389 e. The molecular formula is C19H27NO2. The minimum Gasteiger partial charge on any atom is -0.389 e. The molecule has 7 atom stereocenters. The quantitative estimate of drug-likeness (QED) is 0.676. The number of rotatable bonds is 0. The van der Waals surface area contributed by atoms with Gasteiger partial charge in [-0.25, -0.2) is 0 Å². The van der Waals surface area contributed by atoms with Crippen LogP contribution in [0.5, 0.6) is 0 Å². The summed E-state index contributed by atoms with van der Waals surface area (Å²) in [5, 5.41) is 9.93. The van der Waals surface area contributed by atoms with Crippen LogP contribution < -0.4 is 5.73 Å². The third-order valence-corrected chi connectivity index (χ3v) is 7.55. The van der Waals surface area contributed by atoms with Crippen LogP contribution in [0.25, 0.3) is 0 Å². The van der Waals surface area contributed by atoms with E-state index in [1.165, 1.54) is 5.57 Å². The number of aliphatic hydroxyl groups excluding tert-OH is 1. The number of hydrogen-bond acceptors (Lipinski definition) is 3. The fraction of sp³-hybridized carbons (Fsp3) is 0.737. The molecule has 0 aromatic heterocycles. The van der Waals surface area contributed by atoms with Gasteiger partial charge in [-0.05, 0) is 48.9 Å². The molecule has 0 radical (unpaired) electrons. The number of carbonyl (C=O) groups is 1. The van der Waals surface area contributed by atoms with Gasteiger partial charge in [0.1, 0.15) is 5.78 Å². The first-order chi connectivity index (χ1) is 10.4. The van der Waals surface area contributed by atoms with E-state index < -0.39 is 0 Å². The summed E-state index contributed by atoms with van der Waals surface area (Å²) in [6, 6.07) is -0.264. The average Bonchev–Trinajstić information content (AvgIpc) is 2.72. The Morgan fingerprint density at radius 1 is 1.27 bits per heavy atom. The van der Waals surface area contributed by atoms with E-state index in [2.05, 4.69) is 26.0 Å². The van der Waals surface area contributed by atoms with Gasteiger partial charge in [0.15, 0.2) is 0 Å². The fourth-order valence-electron chi connectivity index (χ4n) is 6.07. The Morgan fingerprint density at radius 3 is 2.82 bits per heavy atom. The average molecular weight is 301 g/mol. The Morgan fingerprint density at radius 2 is 2.05 bits per heavy atom. The zero-order chi connectivity index (χ0) is 15.7. The molecule has 3 heteroatoms. The standard InChI is InChI=1S/C19H27NO2/c1-18-7-5-12(21)9-11(18)3-4-13-14(18)6-8-19(2)15(13)10-16(22)17(19)20/h3,5,7,12-15,17,21H,4,6,8-10,20H2,1-2H3/t12?,13-,14-,15+,17?,18+,19+/m1/s1. The maximum atomic E-state index is 12.2. The van der Waals surface area contributed by atoms with E-state index in [0.29, 0.717) is 24.2 Å². The molecule has 0 amide bonds. The van der Waals surface area contributed by atoms with Crippen molar-refractivity contribution in [3.63, 3.8) is 0 Å². The number of fused-ring (bicyclic) bond motifs is 5. The number of ketones is 1. The first kappa shape index (κ1) is 14.6. The highest BCUT2D eigenvalue weighted by Crippen LogP contribution is 2.62. The predicted octanol–water partition coefficient (Wildman–Crippen LogP) is 2.59. The summed E-state index contributed by atoms with van der Waals surface area (Å²) >= 11 is 0. The molecular weight excluding hydrogens is 274 g/mol. The van der Waals surface area contributed by atoms with Crippen LogP contribution >= 0.6 is 0 Å².